The SMILES string of the molecule is OC1CCCc2nc(C3CCc4ccccc43)sc21. The Balaban J connectivity index is 1.75. The third-order valence-electron chi connectivity index (χ3n) is 4.37. The number of aryl methyl sites for hydroxylation is 2. The largest absolute Gasteiger partial charge is 0.388 e. The highest BCUT2D eigenvalue weighted by Gasteiger charge is 2.29. The van der Waals surface area contributed by atoms with E-state index in [9.17, 15) is 5.11 Å². The molecule has 1 aromatic heterocycles. The van der Waals surface area contributed by atoms with E-state index < -0.39 is 0 Å². The van der Waals surface area contributed by atoms with E-state index in [1.165, 1.54) is 22.6 Å². The molecular formula is C16H17NOS. The highest BCUT2D eigenvalue weighted by atomic mass is 32.1. The number of aliphatic hydroxyl groups is 1. The minimum absolute atomic E-state index is 0.272. The number of fused-ring (bicyclic) bond motifs is 2. The van der Waals surface area contributed by atoms with E-state index >= 15 is 0 Å². The monoisotopic (exact) mass is 271 g/mol. The van der Waals surface area contributed by atoms with Crippen molar-refractivity contribution in [2.75, 3.05) is 0 Å². The van der Waals surface area contributed by atoms with Crippen LogP contribution in [0.25, 0.3) is 0 Å². The average molecular weight is 271 g/mol. The van der Waals surface area contributed by atoms with Crippen molar-refractivity contribution < 1.29 is 5.11 Å². The Morgan fingerprint density at radius 1 is 1.16 bits per heavy atom. The van der Waals surface area contributed by atoms with Crippen molar-refractivity contribution in [1.29, 1.82) is 0 Å². The molecular weight excluding hydrogens is 254 g/mol. The second kappa shape index (κ2) is 4.43. The minimum Gasteiger partial charge on any atom is -0.388 e. The first-order valence-electron chi connectivity index (χ1n) is 7.08. The van der Waals surface area contributed by atoms with E-state index in [1.54, 1.807) is 11.3 Å². The molecule has 0 bridgehead atoms. The normalized spacial score (nSPS) is 25.1. The van der Waals surface area contributed by atoms with Gasteiger partial charge in [0.25, 0.3) is 0 Å². The molecule has 2 aromatic rings. The van der Waals surface area contributed by atoms with Crippen LogP contribution in [-0.4, -0.2) is 10.1 Å². The first kappa shape index (κ1) is 11.6. The van der Waals surface area contributed by atoms with Crippen LogP contribution in [0.2, 0.25) is 0 Å². The van der Waals surface area contributed by atoms with E-state index in [1.807, 2.05) is 0 Å². The van der Waals surface area contributed by atoms with Crippen molar-refractivity contribution >= 4 is 11.3 Å². The molecule has 0 saturated carbocycles. The standard InChI is InChI=1S/C16H17NOS/c18-14-7-3-6-13-15(14)19-16(17-13)12-9-8-10-4-1-2-5-11(10)12/h1-2,4-5,12,14,18H,3,6-9H2. The number of benzene rings is 1. The lowest BCUT2D eigenvalue weighted by molar-refractivity contribution is 0.160. The van der Waals surface area contributed by atoms with Crippen molar-refractivity contribution in [2.24, 2.45) is 0 Å². The summed E-state index contributed by atoms with van der Waals surface area (Å²) in [6, 6.07) is 8.72. The van der Waals surface area contributed by atoms with Crippen molar-refractivity contribution in [3.63, 3.8) is 0 Å². The lowest BCUT2D eigenvalue weighted by Crippen LogP contribution is -2.06. The zero-order valence-electron chi connectivity index (χ0n) is 10.8. The second-order valence-corrected chi connectivity index (χ2v) is 6.62. The number of thiazole rings is 1. The highest BCUT2D eigenvalue weighted by Crippen LogP contribution is 2.43. The molecule has 2 atom stereocenters. The summed E-state index contributed by atoms with van der Waals surface area (Å²) in [5.74, 6) is 0.457. The summed E-state index contributed by atoms with van der Waals surface area (Å²) in [5.41, 5.74) is 4.08. The molecule has 2 unspecified atom stereocenters. The second-order valence-electron chi connectivity index (χ2n) is 5.56. The Hall–Kier alpha value is -1.19. The quantitative estimate of drug-likeness (QED) is 0.860. The van der Waals surface area contributed by atoms with Crippen LogP contribution in [0.4, 0.5) is 0 Å². The van der Waals surface area contributed by atoms with Gasteiger partial charge in [-0.25, -0.2) is 4.98 Å². The Morgan fingerprint density at radius 2 is 2.05 bits per heavy atom. The predicted molar refractivity (Wildman–Crippen MR) is 76.6 cm³/mol. The summed E-state index contributed by atoms with van der Waals surface area (Å²) in [5, 5.41) is 11.3. The fraction of sp³-hybridized carbons (Fsp3) is 0.438. The maximum absolute atomic E-state index is 10.1. The smallest absolute Gasteiger partial charge is 0.101 e. The van der Waals surface area contributed by atoms with Crippen LogP contribution in [0.3, 0.4) is 0 Å². The van der Waals surface area contributed by atoms with Gasteiger partial charge in [-0.2, -0.15) is 0 Å². The maximum Gasteiger partial charge on any atom is 0.101 e. The molecule has 3 heteroatoms. The first-order valence-corrected chi connectivity index (χ1v) is 7.90. The Kier molecular flexibility index (Phi) is 2.71. The lowest BCUT2D eigenvalue weighted by Gasteiger charge is -2.14. The van der Waals surface area contributed by atoms with Crippen LogP contribution in [0.15, 0.2) is 24.3 Å². The van der Waals surface area contributed by atoms with Crippen molar-refractivity contribution in [3.05, 3.63) is 51.0 Å². The van der Waals surface area contributed by atoms with Crippen molar-refractivity contribution in [1.82, 2.24) is 4.98 Å². The molecule has 0 aliphatic heterocycles. The minimum atomic E-state index is -0.272. The van der Waals surface area contributed by atoms with Gasteiger partial charge in [-0.1, -0.05) is 24.3 Å². The Labute approximate surface area is 117 Å². The first-order chi connectivity index (χ1) is 9.33. The molecule has 4 rings (SSSR count). The fourth-order valence-electron chi connectivity index (χ4n) is 3.38. The van der Waals surface area contributed by atoms with Crippen molar-refractivity contribution in [3.8, 4) is 0 Å². The van der Waals surface area contributed by atoms with Crippen LogP contribution in [0.5, 0.6) is 0 Å². The highest BCUT2D eigenvalue weighted by molar-refractivity contribution is 7.12. The molecule has 19 heavy (non-hydrogen) atoms. The predicted octanol–water partition coefficient (Wildman–Crippen LogP) is 3.59. The third kappa shape index (κ3) is 1.84. The van der Waals surface area contributed by atoms with Gasteiger partial charge >= 0.3 is 0 Å². The van der Waals surface area contributed by atoms with Gasteiger partial charge in [0.15, 0.2) is 0 Å². The molecule has 0 fully saturated rings. The maximum atomic E-state index is 10.1. The van der Waals surface area contributed by atoms with Crippen LogP contribution >= 0.6 is 11.3 Å². The van der Waals surface area contributed by atoms with Gasteiger partial charge in [0, 0.05) is 5.92 Å². The fourth-order valence-corrected chi connectivity index (χ4v) is 4.67. The summed E-state index contributed by atoms with van der Waals surface area (Å²) in [4.78, 5) is 5.97. The number of nitrogens with zero attached hydrogens (tertiary/aromatic N) is 1. The van der Waals surface area contributed by atoms with Crippen LogP contribution in [0, 0.1) is 0 Å². The van der Waals surface area contributed by atoms with Crippen molar-refractivity contribution in [2.45, 2.75) is 44.1 Å². The summed E-state index contributed by atoms with van der Waals surface area (Å²) in [7, 11) is 0. The topological polar surface area (TPSA) is 33.1 Å². The average Bonchev–Trinajstić information content (AvgIpc) is 3.02. The molecule has 2 nitrogen and oxygen atoms in total. The Morgan fingerprint density at radius 3 is 2.95 bits per heavy atom. The van der Waals surface area contributed by atoms with Gasteiger partial charge < -0.3 is 5.11 Å². The third-order valence-corrected chi connectivity index (χ3v) is 5.68. The molecule has 1 aromatic carbocycles. The van der Waals surface area contributed by atoms with Gasteiger partial charge in [0.1, 0.15) is 5.01 Å². The Bertz CT molecular complexity index is 619. The van der Waals surface area contributed by atoms with Gasteiger partial charge in [-0.05, 0) is 43.2 Å². The number of rotatable bonds is 1. The molecule has 0 radical (unpaired) electrons. The molecule has 0 spiro atoms. The molecule has 0 saturated heterocycles. The van der Waals surface area contributed by atoms with Crippen LogP contribution < -0.4 is 0 Å². The molecule has 0 amide bonds. The van der Waals surface area contributed by atoms with E-state index in [0.717, 1.165) is 36.3 Å². The zero-order chi connectivity index (χ0) is 12.8. The molecule has 2 aliphatic carbocycles. The number of hydrogen-bond acceptors (Lipinski definition) is 3. The number of aliphatic hydroxyl groups excluding tert-OH is 1. The van der Waals surface area contributed by atoms with E-state index in [0.29, 0.717) is 5.92 Å². The van der Waals surface area contributed by atoms with E-state index in [2.05, 4.69) is 24.3 Å². The van der Waals surface area contributed by atoms with Gasteiger partial charge in [-0.15, -0.1) is 11.3 Å². The van der Waals surface area contributed by atoms with E-state index in [-0.39, 0.29) is 6.10 Å². The molecule has 1 N–H and O–H groups in total. The van der Waals surface area contributed by atoms with Crippen LogP contribution in [0.1, 0.15) is 58.0 Å². The van der Waals surface area contributed by atoms with Gasteiger partial charge in [0.2, 0.25) is 0 Å². The van der Waals surface area contributed by atoms with Crippen LogP contribution in [-0.2, 0) is 12.8 Å². The van der Waals surface area contributed by atoms with Gasteiger partial charge in [-0.3, -0.25) is 0 Å². The number of hydrogen-bond donors (Lipinski definition) is 1. The molecule has 2 aliphatic rings. The molecule has 98 valence electrons. The molecule has 1 heterocycles. The summed E-state index contributed by atoms with van der Waals surface area (Å²) in [6.07, 6.45) is 5.06. The summed E-state index contributed by atoms with van der Waals surface area (Å²) in [6.45, 7) is 0. The van der Waals surface area contributed by atoms with E-state index in [4.69, 9.17) is 4.98 Å². The summed E-state index contributed by atoms with van der Waals surface area (Å²) < 4.78 is 0. The summed E-state index contributed by atoms with van der Waals surface area (Å²) >= 11 is 1.74. The number of aromatic nitrogens is 1. The zero-order valence-corrected chi connectivity index (χ0v) is 11.6. The lowest BCUT2D eigenvalue weighted by atomic mass is 10.00. The van der Waals surface area contributed by atoms with Gasteiger partial charge in [0.05, 0.1) is 16.7 Å².